The van der Waals surface area contributed by atoms with E-state index in [1.54, 1.807) is 13.8 Å². The van der Waals surface area contributed by atoms with Gasteiger partial charge in [-0.3, -0.25) is 4.79 Å². The summed E-state index contributed by atoms with van der Waals surface area (Å²) in [5, 5.41) is 9.46. The Balaban J connectivity index is 2.39. The zero-order chi connectivity index (χ0) is 19.0. The summed E-state index contributed by atoms with van der Waals surface area (Å²) in [6.07, 6.45) is 0.977. The van der Waals surface area contributed by atoms with Gasteiger partial charge in [-0.1, -0.05) is 6.07 Å². The second-order valence-electron chi connectivity index (χ2n) is 6.78. The zero-order valence-electron chi connectivity index (χ0n) is 14.9. The number of sulfonamides is 1. The van der Waals surface area contributed by atoms with Crippen LogP contribution in [-0.4, -0.2) is 59.8 Å². The fraction of sp³-hybridized carbons (Fsp3) is 0.529. The van der Waals surface area contributed by atoms with E-state index in [0.29, 0.717) is 19.4 Å². The number of carbonyl (C=O) groups is 2. The number of nitrogens with zero attached hydrogens (tertiary/aromatic N) is 2. The Kier molecular flexibility index (Phi) is 5.24. The van der Waals surface area contributed by atoms with E-state index in [1.165, 1.54) is 47.4 Å². The summed E-state index contributed by atoms with van der Waals surface area (Å²) in [6.45, 7) is 5.38. The molecule has 2 rings (SSSR count). The summed E-state index contributed by atoms with van der Waals surface area (Å²) in [4.78, 5) is 25.7. The summed E-state index contributed by atoms with van der Waals surface area (Å²) in [5.41, 5.74) is -1.09. The molecular formula is C17H24N2O5S. The van der Waals surface area contributed by atoms with Crippen molar-refractivity contribution in [1.82, 2.24) is 9.21 Å². The Morgan fingerprint density at radius 2 is 1.96 bits per heavy atom. The van der Waals surface area contributed by atoms with Crippen LogP contribution in [0.1, 0.15) is 44.0 Å². The normalized spacial score (nSPS) is 21.1. The third-order valence-corrected chi connectivity index (χ3v) is 6.86. The van der Waals surface area contributed by atoms with Crippen molar-refractivity contribution in [2.45, 2.75) is 50.1 Å². The van der Waals surface area contributed by atoms with Gasteiger partial charge < -0.3 is 10.0 Å². The van der Waals surface area contributed by atoms with Crippen molar-refractivity contribution in [3.8, 4) is 0 Å². The number of carboxylic acid groups (broad SMARTS) is 1. The van der Waals surface area contributed by atoms with Crippen LogP contribution in [0.4, 0.5) is 0 Å². The second kappa shape index (κ2) is 6.76. The Bertz CT molecular complexity index is 790. The van der Waals surface area contributed by atoms with Crippen LogP contribution in [0.25, 0.3) is 0 Å². The second-order valence-corrected chi connectivity index (χ2v) is 8.78. The van der Waals surface area contributed by atoms with Gasteiger partial charge in [0.1, 0.15) is 5.54 Å². The average molecular weight is 368 g/mol. The average Bonchev–Trinajstić information content (AvgIpc) is 2.96. The van der Waals surface area contributed by atoms with Crippen molar-refractivity contribution in [3.05, 3.63) is 29.8 Å². The van der Waals surface area contributed by atoms with Gasteiger partial charge in [-0.05, 0) is 51.8 Å². The molecule has 1 saturated heterocycles. The first kappa shape index (κ1) is 19.4. The van der Waals surface area contributed by atoms with E-state index in [2.05, 4.69) is 0 Å². The molecule has 0 aliphatic carbocycles. The number of hydrogen-bond acceptors (Lipinski definition) is 4. The van der Waals surface area contributed by atoms with Crippen LogP contribution in [0.2, 0.25) is 0 Å². The molecule has 25 heavy (non-hydrogen) atoms. The largest absolute Gasteiger partial charge is 0.480 e. The molecule has 1 fully saturated rings. The van der Waals surface area contributed by atoms with E-state index >= 15 is 0 Å². The number of likely N-dealkylation sites (tertiary alicyclic amines) is 1. The fourth-order valence-corrected chi connectivity index (χ4v) is 4.31. The smallest absolute Gasteiger partial charge is 0.329 e. The summed E-state index contributed by atoms with van der Waals surface area (Å²) in [7, 11) is -2.23. The van der Waals surface area contributed by atoms with Gasteiger partial charge in [-0.25, -0.2) is 13.2 Å². The maximum absolute atomic E-state index is 12.8. The molecule has 1 aliphatic rings. The third-order valence-electron chi connectivity index (χ3n) is 4.83. The highest BCUT2D eigenvalue weighted by Gasteiger charge is 2.46. The molecule has 7 nitrogen and oxygen atoms in total. The Labute approximate surface area is 148 Å². The maximum Gasteiger partial charge on any atom is 0.329 e. The first-order chi connectivity index (χ1) is 11.5. The predicted molar refractivity (Wildman–Crippen MR) is 92.8 cm³/mol. The third kappa shape index (κ3) is 3.41. The highest BCUT2D eigenvalue weighted by molar-refractivity contribution is 7.89. The van der Waals surface area contributed by atoms with Gasteiger partial charge >= 0.3 is 5.97 Å². The van der Waals surface area contributed by atoms with Crippen molar-refractivity contribution in [1.29, 1.82) is 0 Å². The van der Waals surface area contributed by atoms with Crippen molar-refractivity contribution < 1.29 is 23.1 Å². The fourth-order valence-electron chi connectivity index (χ4n) is 2.90. The predicted octanol–water partition coefficient (Wildman–Crippen LogP) is 1.79. The summed E-state index contributed by atoms with van der Waals surface area (Å²) < 4.78 is 26.5. The van der Waals surface area contributed by atoms with Crippen molar-refractivity contribution in [3.63, 3.8) is 0 Å². The Morgan fingerprint density at radius 1 is 1.32 bits per heavy atom. The SMILES string of the molecule is CC(C)N(C)S(=O)(=O)c1cccc(C(=O)N2CCCC2(C)C(=O)O)c1. The molecule has 1 N–H and O–H groups in total. The lowest BCUT2D eigenvalue weighted by Gasteiger charge is -2.31. The number of rotatable bonds is 5. The molecule has 0 bridgehead atoms. The first-order valence-corrected chi connectivity index (χ1v) is 9.59. The molecule has 1 amide bonds. The van der Waals surface area contributed by atoms with Crippen molar-refractivity contribution >= 4 is 21.9 Å². The minimum absolute atomic E-state index is 0.0192. The van der Waals surface area contributed by atoms with Crippen LogP contribution < -0.4 is 0 Å². The first-order valence-electron chi connectivity index (χ1n) is 8.15. The van der Waals surface area contributed by atoms with Crippen LogP contribution in [-0.2, 0) is 14.8 Å². The van der Waals surface area contributed by atoms with E-state index in [-0.39, 0.29) is 16.5 Å². The number of amides is 1. The zero-order valence-corrected chi connectivity index (χ0v) is 15.7. The van der Waals surface area contributed by atoms with Gasteiger partial charge in [-0.2, -0.15) is 4.31 Å². The molecule has 1 aliphatic heterocycles. The molecule has 1 aromatic rings. The minimum Gasteiger partial charge on any atom is -0.480 e. The van der Waals surface area contributed by atoms with E-state index in [0.717, 1.165) is 0 Å². The molecule has 1 unspecified atom stereocenters. The van der Waals surface area contributed by atoms with Gasteiger partial charge in [0.2, 0.25) is 10.0 Å². The monoisotopic (exact) mass is 368 g/mol. The highest BCUT2D eigenvalue weighted by atomic mass is 32.2. The lowest BCUT2D eigenvalue weighted by molar-refractivity contribution is -0.147. The molecular weight excluding hydrogens is 344 g/mol. The number of hydrogen-bond donors (Lipinski definition) is 1. The molecule has 1 heterocycles. The molecule has 0 spiro atoms. The molecule has 1 aromatic carbocycles. The lowest BCUT2D eigenvalue weighted by atomic mass is 9.98. The molecule has 138 valence electrons. The number of aliphatic carboxylic acids is 1. The van der Waals surface area contributed by atoms with Gasteiger partial charge in [-0.15, -0.1) is 0 Å². The molecule has 0 saturated carbocycles. The van der Waals surface area contributed by atoms with E-state index in [1.807, 2.05) is 0 Å². The summed E-state index contributed by atoms with van der Waals surface area (Å²) >= 11 is 0. The Morgan fingerprint density at radius 3 is 2.52 bits per heavy atom. The van der Waals surface area contributed by atoms with Crippen LogP contribution in [0.5, 0.6) is 0 Å². The van der Waals surface area contributed by atoms with Crippen LogP contribution in [0.15, 0.2) is 29.2 Å². The standard InChI is InChI=1S/C17H24N2O5S/c1-12(2)18(4)25(23,24)14-8-5-7-13(11-14)15(20)19-10-6-9-17(19,3)16(21)22/h5,7-8,11-12H,6,9-10H2,1-4H3,(H,21,22). The molecule has 0 radical (unpaired) electrons. The van der Waals surface area contributed by atoms with E-state index in [9.17, 15) is 23.1 Å². The van der Waals surface area contributed by atoms with Gasteiger partial charge in [0.15, 0.2) is 0 Å². The van der Waals surface area contributed by atoms with Crippen molar-refractivity contribution in [2.24, 2.45) is 0 Å². The quantitative estimate of drug-likeness (QED) is 0.855. The number of carbonyl (C=O) groups excluding carboxylic acids is 1. The summed E-state index contributed by atoms with van der Waals surface area (Å²) in [6, 6.07) is 5.54. The minimum atomic E-state index is -3.72. The van der Waals surface area contributed by atoms with E-state index in [4.69, 9.17) is 0 Å². The summed E-state index contributed by atoms with van der Waals surface area (Å²) in [5.74, 6) is -1.52. The van der Waals surface area contributed by atoms with Crippen molar-refractivity contribution in [2.75, 3.05) is 13.6 Å². The van der Waals surface area contributed by atoms with Gasteiger partial charge in [0.05, 0.1) is 4.90 Å². The lowest BCUT2D eigenvalue weighted by Crippen LogP contribution is -2.50. The number of carboxylic acids is 1. The molecule has 8 heteroatoms. The highest BCUT2D eigenvalue weighted by Crippen LogP contribution is 2.31. The van der Waals surface area contributed by atoms with Crippen LogP contribution in [0, 0.1) is 0 Å². The number of benzene rings is 1. The maximum atomic E-state index is 12.8. The molecule has 0 aromatic heterocycles. The van der Waals surface area contributed by atoms with E-state index < -0.39 is 27.4 Å². The molecule has 1 atom stereocenters. The van der Waals surface area contributed by atoms with Gasteiger partial charge in [0.25, 0.3) is 5.91 Å². The van der Waals surface area contributed by atoms with Crippen LogP contribution in [0.3, 0.4) is 0 Å². The van der Waals surface area contributed by atoms with Gasteiger partial charge in [0, 0.05) is 25.2 Å². The van der Waals surface area contributed by atoms with Crippen LogP contribution >= 0.6 is 0 Å². The topological polar surface area (TPSA) is 95.0 Å². The Hall–Kier alpha value is -1.93.